The highest BCUT2D eigenvalue weighted by molar-refractivity contribution is 5.85. The highest BCUT2D eigenvalue weighted by Crippen LogP contribution is 2.41. The summed E-state index contributed by atoms with van der Waals surface area (Å²) in [7, 11) is 0. The quantitative estimate of drug-likeness (QED) is 0.643. The Bertz CT molecular complexity index is 525. The number of piperazine rings is 1. The second-order valence-electron chi connectivity index (χ2n) is 6.22. The molecule has 1 fully saturated rings. The number of hydrogen-bond acceptors (Lipinski definition) is 3. The van der Waals surface area contributed by atoms with Gasteiger partial charge in [0, 0.05) is 55.9 Å². The zero-order valence-electron chi connectivity index (χ0n) is 13.0. The van der Waals surface area contributed by atoms with Gasteiger partial charge in [-0.15, -0.1) is 12.4 Å². The van der Waals surface area contributed by atoms with E-state index in [0.29, 0.717) is 26.2 Å². The zero-order valence-corrected chi connectivity index (χ0v) is 13.8. The molecule has 0 aromatic heterocycles. The van der Waals surface area contributed by atoms with E-state index in [4.69, 9.17) is 0 Å². The van der Waals surface area contributed by atoms with Gasteiger partial charge in [-0.05, 0) is 0 Å². The van der Waals surface area contributed by atoms with Crippen molar-refractivity contribution in [3.05, 3.63) is 34.9 Å². The van der Waals surface area contributed by atoms with Crippen LogP contribution in [-0.4, -0.2) is 42.8 Å². The molecule has 2 rings (SSSR count). The maximum Gasteiger partial charge on any atom is 0.166 e. The van der Waals surface area contributed by atoms with Gasteiger partial charge >= 0.3 is 0 Å². The average Bonchev–Trinajstić information content (AvgIpc) is 2.50. The Morgan fingerprint density at radius 2 is 1.61 bits per heavy atom. The molecule has 0 saturated carbocycles. The van der Waals surface area contributed by atoms with E-state index in [2.05, 4.69) is 5.32 Å². The number of halogens is 5. The summed E-state index contributed by atoms with van der Waals surface area (Å²) in [5.41, 5.74) is -1.63. The fraction of sp³-hybridized carbons (Fsp3) is 0.600. The second-order valence-corrected chi connectivity index (χ2v) is 6.22. The van der Waals surface area contributed by atoms with Crippen molar-refractivity contribution in [1.82, 2.24) is 10.2 Å². The molecule has 0 aliphatic carbocycles. The van der Waals surface area contributed by atoms with Crippen molar-refractivity contribution in [3.8, 4) is 0 Å². The standard InChI is InChI=1S/C15H20F4N2O.ClH/c1-15(2,8-22)14(21-5-3-20-4-6-21)11-12(18)9(16)7-10(17)13(11)19;/h7,14,20,22H,3-6,8H2,1-2H3;1H/t14-;/m1./s1. The number of rotatable bonds is 4. The lowest BCUT2D eigenvalue weighted by Crippen LogP contribution is -2.50. The van der Waals surface area contributed by atoms with Gasteiger partial charge in [-0.3, -0.25) is 4.90 Å². The van der Waals surface area contributed by atoms with Crippen LogP contribution in [0.25, 0.3) is 0 Å². The van der Waals surface area contributed by atoms with Gasteiger partial charge in [-0.1, -0.05) is 13.8 Å². The van der Waals surface area contributed by atoms with E-state index in [1.54, 1.807) is 18.7 Å². The number of benzene rings is 1. The van der Waals surface area contributed by atoms with Crippen LogP contribution < -0.4 is 5.32 Å². The van der Waals surface area contributed by atoms with E-state index in [1.807, 2.05) is 0 Å². The highest BCUT2D eigenvalue weighted by Gasteiger charge is 2.40. The van der Waals surface area contributed by atoms with Crippen LogP contribution in [0.5, 0.6) is 0 Å². The number of aliphatic hydroxyl groups excluding tert-OH is 1. The average molecular weight is 357 g/mol. The van der Waals surface area contributed by atoms with Crippen molar-refractivity contribution < 1.29 is 22.7 Å². The van der Waals surface area contributed by atoms with Crippen LogP contribution in [0, 0.1) is 28.7 Å². The van der Waals surface area contributed by atoms with Gasteiger partial charge in [0.05, 0.1) is 0 Å². The number of aliphatic hydroxyl groups is 1. The normalized spacial score (nSPS) is 17.7. The summed E-state index contributed by atoms with van der Waals surface area (Å²) in [6.45, 7) is 4.97. The SMILES string of the molecule is CC(C)(CO)[C@@H](c1c(F)c(F)cc(F)c1F)N1CCNCC1.Cl. The molecule has 1 aliphatic heterocycles. The summed E-state index contributed by atoms with van der Waals surface area (Å²) in [5.74, 6) is -5.65. The first-order valence-electron chi connectivity index (χ1n) is 7.18. The first-order chi connectivity index (χ1) is 10.3. The van der Waals surface area contributed by atoms with Crippen LogP contribution in [0.2, 0.25) is 0 Å². The van der Waals surface area contributed by atoms with E-state index in [9.17, 15) is 22.7 Å². The first kappa shape index (κ1) is 20.2. The Hall–Kier alpha value is -0.890. The molecule has 8 heteroatoms. The third kappa shape index (κ3) is 3.96. The third-order valence-corrected chi connectivity index (χ3v) is 4.08. The Morgan fingerprint density at radius 1 is 1.13 bits per heavy atom. The summed E-state index contributed by atoms with van der Waals surface area (Å²) >= 11 is 0. The Kier molecular flexibility index (Phi) is 6.82. The molecule has 132 valence electrons. The van der Waals surface area contributed by atoms with Gasteiger partial charge in [0.15, 0.2) is 23.3 Å². The van der Waals surface area contributed by atoms with Crippen molar-refractivity contribution in [2.24, 2.45) is 5.41 Å². The molecule has 0 bridgehead atoms. The van der Waals surface area contributed by atoms with E-state index >= 15 is 0 Å². The minimum Gasteiger partial charge on any atom is -0.396 e. The van der Waals surface area contributed by atoms with Crippen LogP contribution in [0.3, 0.4) is 0 Å². The molecule has 1 aromatic carbocycles. The molecule has 1 heterocycles. The molecule has 0 radical (unpaired) electrons. The lowest BCUT2D eigenvalue weighted by Gasteiger charge is -2.43. The molecule has 1 saturated heterocycles. The molecular weight excluding hydrogens is 336 g/mol. The van der Waals surface area contributed by atoms with Crippen molar-refractivity contribution >= 4 is 12.4 Å². The zero-order chi connectivity index (χ0) is 16.5. The molecule has 2 N–H and O–H groups in total. The highest BCUT2D eigenvalue weighted by atomic mass is 35.5. The minimum absolute atomic E-state index is 0. The van der Waals surface area contributed by atoms with Crippen molar-refractivity contribution in [1.29, 1.82) is 0 Å². The summed E-state index contributed by atoms with van der Waals surface area (Å²) in [6.07, 6.45) is 0. The molecule has 0 amide bonds. The topological polar surface area (TPSA) is 35.5 Å². The largest absolute Gasteiger partial charge is 0.396 e. The summed E-state index contributed by atoms with van der Waals surface area (Å²) in [6, 6.07) is -0.764. The van der Waals surface area contributed by atoms with Crippen molar-refractivity contribution in [2.45, 2.75) is 19.9 Å². The van der Waals surface area contributed by atoms with Crippen LogP contribution in [-0.2, 0) is 0 Å². The van der Waals surface area contributed by atoms with E-state index in [0.717, 1.165) is 0 Å². The maximum atomic E-state index is 14.2. The molecule has 1 aromatic rings. The second kappa shape index (κ2) is 7.79. The fourth-order valence-electron chi connectivity index (χ4n) is 2.93. The van der Waals surface area contributed by atoms with Gasteiger partial charge in [0.2, 0.25) is 0 Å². The van der Waals surface area contributed by atoms with Crippen molar-refractivity contribution in [2.75, 3.05) is 32.8 Å². The Morgan fingerprint density at radius 3 is 2.04 bits per heavy atom. The van der Waals surface area contributed by atoms with Crippen LogP contribution in [0.1, 0.15) is 25.5 Å². The third-order valence-electron chi connectivity index (χ3n) is 4.08. The molecule has 1 atom stereocenters. The maximum absolute atomic E-state index is 14.2. The Labute approximate surface area is 139 Å². The van der Waals surface area contributed by atoms with Gasteiger partial charge in [0.25, 0.3) is 0 Å². The minimum atomic E-state index is -1.43. The molecule has 0 unspecified atom stereocenters. The molecular formula is C15H21ClF4N2O. The first-order valence-corrected chi connectivity index (χ1v) is 7.18. The lowest BCUT2D eigenvalue weighted by atomic mass is 9.79. The molecule has 3 nitrogen and oxygen atoms in total. The number of nitrogens with zero attached hydrogens (tertiary/aromatic N) is 1. The van der Waals surface area contributed by atoms with E-state index in [-0.39, 0.29) is 25.1 Å². The molecule has 23 heavy (non-hydrogen) atoms. The predicted molar refractivity (Wildman–Crippen MR) is 81.6 cm³/mol. The lowest BCUT2D eigenvalue weighted by molar-refractivity contribution is 0.0258. The smallest absolute Gasteiger partial charge is 0.166 e. The van der Waals surface area contributed by atoms with Gasteiger partial charge in [-0.2, -0.15) is 0 Å². The summed E-state index contributed by atoms with van der Waals surface area (Å²) < 4.78 is 55.5. The van der Waals surface area contributed by atoms with E-state index < -0.39 is 40.3 Å². The van der Waals surface area contributed by atoms with Gasteiger partial charge in [0.1, 0.15) is 0 Å². The summed E-state index contributed by atoms with van der Waals surface area (Å²) in [4.78, 5) is 1.74. The fourth-order valence-corrected chi connectivity index (χ4v) is 2.93. The van der Waals surface area contributed by atoms with Crippen molar-refractivity contribution in [3.63, 3.8) is 0 Å². The number of nitrogens with one attached hydrogen (secondary N) is 1. The van der Waals surface area contributed by atoms with Gasteiger partial charge < -0.3 is 10.4 Å². The summed E-state index contributed by atoms with van der Waals surface area (Å²) in [5, 5.41) is 12.7. The predicted octanol–water partition coefficient (Wildman–Crippen LogP) is 2.63. The Balaban J connectivity index is 0.00000264. The van der Waals surface area contributed by atoms with E-state index in [1.165, 1.54) is 0 Å². The molecule has 0 spiro atoms. The molecule has 1 aliphatic rings. The van der Waals surface area contributed by atoms with Crippen LogP contribution in [0.15, 0.2) is 6.07 Å². The number of hydrogen-bond donors (Lipinski definition) is 2. The van der Waals surface area contributed by atoms with Crippen LogP contribution in [0.4, 0.5) is 17.6 Å². The van der Waals surface area contributed by atoms with Gasteiger partial charge in [-0.25, -0.2) is 17.6 Å². The monoisotopic (exact) mass is 356 g/mol. The van der Waals surface area contributed by atoms with Crippen LogP contribution >= 0.6 is 12.4 Å².